The van der Waals surface area contributed by atoms with Gasteiger partial charge in [-0.2, -0.15) is 0 Å². The van der Waals surface area contributed by atoms with E-state index in [1.54, 1.807) is 11.8 Å². The monoisotopic (exact) mass is 349 g/mol. The molecule has 1 aromatic heterocycles. The van der Waals surface area contributed by atoms with Gasteiger partial charge in [-0.15, -0.1) is 11.8 Å². The molecule has 1 N–H and O–H groups in total. The van der Waals surface area contributed by atoms with Crippen LogP contribution >= 0.6 is 11.8 Å². The Morgan fingerprint density at radius 2 is 1.96 bits per heavy atom. The molecule has 1 aliphatic heterocycles. The fourth-order valence-electron chi connectivity index (χ4n) is 3.24. The number of fused-ring (bicyclic) bond motifs is 1. The Morgan fingerprint density at radius 3 is 2.76 bits per heavy atom. The van der Waals surface area contributed by atoms with Crippen molar-refractivity contribution in [3.63, 3.8) is 0 Å². The van der Waals surface area contributed by atoms with E-state index in [0.29, 0.717) is 5.56 Å². The number of amides is 1. The molecule has 0 unspecified atom stereocenters. The van der Waals surface area contributed by atoms with Crippen molar-refractivity contribution >= 4 is 23.4 Å². The van der Waals surface area contributed by atoms with Crippen molar-refractivity contribution in [3.05, 3.63) is 66.1 Å². The van der Waals surface area contributed by atoms with E-state index in [1.165, 1.54) is 12.2 Å². The Balaban J connectivity index is 1.53. The van der Waals surface area contributed by atoms with Gasteiger partial charge in [-0.25, -0.2) is 4.98 Å². The van der Waals surface area contributed by atoms with Gasteiger partial charge in [0.1, 0.15) is 5.82 Å². The number of aryl methyl sites for hydroxylation is 1. The third-order valence-electron chi connectivity index (χ3n) is 4.51. The largest absolute Gasteiger partial charge is 0.328 e. The van der Waals surface area contributed by atoms with Gasteiger partial charge in [-0.05, 0) is 42.5 Å². The number of hydrogen-bond acceptors (Lipinski definition) is 3. The minimum Gasteiger partial charge on any atom is -0.328 e. The molecule has 0 fully saturated rings. The molecular weight excluding hydrogens is 330 g/mol. The van der Waals surface area contributed by atoms with Gasteiger partial charge >= 0.3 is 0 Å². The molecule has 25 heavy (non-hydrogen) atoms. The lowest BCUT2D eigenvalue weighted by molar-refractivity contribution is 0.102. The van der Waals surface area contributed by atoms with Crippen LogP contribution in [0.1, 0.15) is 22.6 Å². The summed E-state index contributed by atoms with van der Waals surface area (Å²) < 4.78 is 2.28. The Labute approximate surface area is 151 Å². The number of aromatic nitrogens is 2. The first-order valence-corrected chi connectivity index (χ1v) is 9.58. The maximum absolute atomic E-state index is 12.5. The zero-order chi connectivity index (χ0) is 17.2. The average Bonchev–Trinajstić information content (AvgIpc) is 3.26. The van der Waals surface area contributed by atoms with E-state index < -0.39 is 0 Å². The third kappa shape index (κ3) is 3.07. The molecule has 0 saturated heterocycles. The summed E-state index contributed by atoms with van der Waals surface area (Å²) in [4.78, 5) is 18.0. The lowest BCUT2D eigenvalue weighted by Crippen LogP contribution is -2.12. The molecule has 0 spiro atoms. The minimum absolute atomic E-state index is 0.0806. The molecule has 4 rings (SSSR count). The normalized spacial score (nSPS) is 12.8. The smallest absolute Gasteiger partial charge is 0.256 e. The number of anilines is 1. The van der Waals surface area contributed by atoms with Gasteiger partial charge in [0.2, 0.25) is 0 Å². The van der Waals surface area contributed by atoms with E-state index in [2.05, 4.69) is 14.9 Å². The SMILES string of the molecule is CSc1ccccc1C(=O)Nc1ccc(-c2cnc3n2CCC3)cc1. The first-order chi connectivity index (χ1) is 12.3. The summed E-state index contributed by atoms with van der Waals surface area (Å²) in [5.74, 6) is 1.09. The van der Waals surface area contributed by atoms with E-state index >= 15 is 0 Å². The van der Waals surface area contributed by atoms with Crippen LogP contribution in [0.5, 0.6) is 0 Å². The second-order valence-corrected chi connectivity index (χ2v) is 6.89. The summed E-state index contributed by atoms with van der Waals surface area (Å²) in [5, 5.41) is 2.98. The van der Waals surface area contributed by atoms with Crippen LogP contribution in [0.3, 0.4) is 0 Å². The van der Waals surface area contributed by atoms with Crippen molar-refractivity contribution < 1.29 is 4.79 Å². The number of benzene rings is 2. The van der Waals surface area contributed by atoms with Crippen LogP contribution < -0.4 is 5.32 Å². The molecule has 0 aliphatic carbocycles. The maximum Gasteiger partial charge on any atom is 0.256 e. The van der Waals surface area contributed by atoms with Crippen LogP contribution in [0.15, 0.2) is 59.6 Å². The predicted molar refractivity (Wildman–Crippen MR) is 102 cm³/mol. The highest BCUT2D eigenvalue weighted by atomic mass is 32.2. The first-order valence-electron chi connectivity index (χ1n) is 8.35. The Kier molecular flexibility index (Phi) is 4.32. The van der Waals surface area contributed by atoms with Crippen LogP contribution in [-0.4, -0.2) is 21.7 Å². The number of nitrogens with zero attached hydrogens (tertiary/aromatic N) is 2. The molecular formula is C20H19N3OS. The quantitative estimate of drug-likeness (QED) is 0.707. The molecule has 3 aromatic rings. The van der Waals surface area contributed by atoms with Crippen LogP contribution in [-0.2, 0) is 13.0 Å². The van der Waals surface area contributed by atoms with Crippen molar-refractivity contribution in [2.24, 2.45) is 0 Å². The van der Waals surface area contributed by atoms with Crippen molar-refractivity contribution in [2.75, 3.05) is 11.6 Å². The molecule has 1 amide bonds. The third-order valence-corrected chi connectivity index (χ3v) is 5.31. The zero-order valence-corrected chi connectivity index (χ0v) is 14.8. The second kappa shape index (κ2) is 6.76. The molecule has 1 aliphatic rings. The fourth-order valence-corrected chi connectivity index (χ4v) is 3.84. The molecule has 5 heteroatoms. The maximum atomic E-state index is 12.5. The highest BCUT2D eigenvalue weighted by molar-refractivity contribution is 7.98. The van der Waals surface area contributed by atoms with Gasteiger partial charge in [0.05, 0.1) is 17.5 Å². The standard InChI is InChI=1S/C20H19N3OS/c1-25-18-6-3-2-5-16(18)20(24)22-15-10-8-14(9-11-15)17-13-21-19-7-4-12-23(17)19/h2-3,5-6,8-11,13H,4,7,12H2,1H3,(H,22,24). The number of carbonyl (C=O) groups is 1. The number of carbonyl (C=O) groups excluding carboxylic acids is 1. The van der Waals surface area contributed by atoms with Crippen LogP contribution in [0.2, 0.25) is 0 Å². The van der Waals surface area contributed by atoms with Crippen molar-refractivity contribution in [1.82, 2.24) is 9.55 Å². The highest BCUT2D eigenvalue weighted by Gasteiger charge is 2.16. The number of nitrogens with one attached hydrogen (secondary N) is 1. The minimum atomic E-state index is -0.0806. The summed E-state index contributed by atoms with van der Waals surface area (Å²) in [6, 6.07) is 15.6. The fraction of sp³-hybridized carbons (Fsp3) is 0.200. The Bertz CT molecular complexity index is 915. The van der Waals surface area contributed by atoms with Gasteiger partial charge in [0, 0.05) is 23.5 Å². The first kappa shape index (κ1) is 16.0. The van der Waals surface area contributed by atoms with E-state index in [1.807, 2.05) is 61.0 Å². The number of imidazole rings is 1. The Hall–Kier alpha value is -2.53. The van der Waals surface area contributed by atoms with E-state index in [4.69, 9.17) is 0 Å². The van der Waals surface area contributed by atoms with Gasteiger partial charge in [0.25, 0.3) is 5.91 Å². The predicted octanol–water partition coefficient (Wildman–Crippen LogP) is 4.47. The topological polar surface area (TPSA) is 46.9 Å². The van der Waals surface area contributed by atoms with E-state index in [-0.39, 0.29) is 5.91 Å². The molecule has 0 atom stereocenters. The van der Waals surface area contributed by atoms with Gasteiger partial charge in [0.15, 0.2) is 0 Å². The summed E-state index contributed by atoms with van der Waals surface area (Å²) in [5.41, 5.74) is 3.78. The summed E-state index contributed by atoms with van der Waals surface area (Å²) in [6.07, 6.45) is 6.14. The summed E-state index contributed by atoms with van der Waals surface area (Å²) in [7, 11) is 0. The van der Waals surface area contributed by atoms with E-state index in [0.717, 1.165) is 34.8 Å². The lowest BCUT2D eigenvalue weighted by Gasteiger charge is -2.10. The summed E-state index contributed by atoms with van der Waals surface area (Å²) in [6.45, 7) is 1.04. The molecule has 2 aromatic carbocycles. The number of rotatable bonds is 4. The molecule has 0 bridgehead atoms. The van der Waals surface area contributed by atoms with Crippen molar-refractivity contribution in [1.29, 1.82) is 0 Å². The average molecular weight is 349 g/mol. The summed E-state index contributed by atoms with van der Waals surface area (Å²) >= 11 is 1.58. The second-order valence-electron chi connectivity index (χ2n) is 6.05. The van der Waals surface area contributed by atoms with Gasteiger partial charge in [-0.1, -0.05) is 24.3 Å². The van der Waals surface area contributed by atoms with Crippen LogP contribution in [0.4, 0.5) is 5.69 Å². The Morgan fingerprint density at radius 1 is 1.16 bits per heavy atom. The molecule has 126 valence electrons. The van der Waals surface area contributed by atoms with Crippen molar-refractivity contribution in [2.45, 2.75) is 24.3 Å². The van der Waals surface area contributed by atoms with E-state index in [9.17, 15) is 4.79 Å². The zero-order valence-electron chi connectivity index (χ0n) is 14.0. The lowest BCUT2D eigenvalue weighted by atomic mass is 10.1. The number of thioether (sulfide) groups is 1. The van der Waals surface area contributed by atoms with Gasteiger partial charge in [-0.3, -0.25) is 4.79 Å². The van der Waals surface area contributed by atoms with Gasteiger partial charge < -0.3 is 9.88 Å². The molecule has 0 radical (unpaired) electrons. The molecule has 4 nitrogen and oxygen atoms in total. The molecule has 0 saturated carbocycles. The number of hydrogen-bond donors (Lipinski definition) is 1. The van der Waals surface area contributed by atoms with Crippen LogP contribution in [0, 0.1) is 0 Å². The van der Waals surface area contributed by atoms with Crippen molar-refractivity contribution in [3.8, 4) is 11.3 Å². The highest BCUT2D eigenvalue weighted by Crippen LogP contribution is 2.27. The molecule has 2 heterocycles. The van der Waals surface area contributed by atoms with Crippen LogP contribution in [0.25, 0.3) is 11.3 Å².